The largest absolute Gasteiger partial charge is 0.359 e. The number of benzene rings is 1. The van der Waals surface area contributed by atoms with Crippen molar-refractivity contribution in [1.82, 2.24) is 10.7 Å². The van der Waals surface area contributed by atoms with Gasteiger partial charge in [-0.05, 0) is 31.1 Å². The Balaban J connectivity index is 1.78. The molecule has 0 heterocycles. The number of hydrazone groups is 1. The van der Waals surface area contributed by atoms with Crippen molar-refractivity contribution < 1.29 is 0 Å². The van der Waals surface area contributed by atoms with E-state index in [1.165, 1.54) is 32.1 Å². The molecular weight excluding hydrogens is 278 g/mol. The van der Waals surface area contributed by atoms with Crippen LogP contribution in [0.1, 0.15) is 37.7 Å². The molecule has 1 fully saturated rings. The van der Waals surface area contributed by atoms with Gasteiger partial charge in [0.1, 0.15) is 0 Å². The summed E-state index contributed by atoms with van der Waals surface area (Å²) in [6.07, 6.45) is 7.96. The zero-order valence-corrected chi connectivity index (χ0v) is 12.3. The molecule has 1 aliphatic rings. The first-order chi connectivity index (χ1) is 9.25. The lowest BCUT2D eigenvalue weighted by Crippen LogP contribution is -2.40. The van der Waals surface area contributed by atoms with E-state index in [-0.39, 0.29) is 0 Å². The van der Waals surface area contributed by atoms with Gasteiger partial charge in [0.25, 0.3) is 0 Å². The van der Waals surface area contributed by atoms with Gasteiger partial charge in [0.2, 0.25) is 0 Å². The molecule has 0 aliphatic heterocycles. The van der Waals surface area contributed by atoms with E-state index >= 15 is 0 Å². The van der Waals surface area contributed by atoms with Crippen LogP contribution in [0.4, 0.5) is 0 Å². The van der Waals surface area contributed by atoms with Crippen molar-refractivity contribution in [1.29, 1.82) is 0 Å². The van der Waals surface area contributed by atoms with Gasteiger partial charge in [-0.2, -0.15) is 5.10 Å². The molecule has 19 heavy (non-hydrogen) atoms. The van der Waals surface area contributed by atoms with E-state index in [9.17, 15) is 0 Å². The fourth-order valence-electron chi connectivity index (χ4n) is 2.20. The van der Waals surface area contributed by atoms with Crippen molar-refractivity contribution in [2.24, 2.45) is 5.10 Å². The quantitative estimate of drug-likeness (QED) is 0.509. The van der Waals surface area contributed by atoms with Crippen LogP contribution in [0.15, 0.2) is 29.4 Å². The first kappa shape index (κ1) is 14.3. The number of hydrogen-bond acceptors (Lipinski definition) is 2. The molecule has 3 nitrogen and oxygen atoms in total. The number of halogens is 1. The minimum absolute atomic E-state index is 0.490. The monoisotopic (exact) mass is 295 g/mol. The highest BCUT2D eigenvalue weighted by Crippen LogP contribution is 2.17. The van der Waals surface area contributed by atoms with Crippen molar-refractivity contribution in [3.63, 3.8) is 0 Å². The Morgan fingerprint density at radius 1 is 1.26 bits per heavy atom. The summed E-state index contributed by atoms with van der Waals surface area (Å²) in [5.41, 5.74) is 3.71. The topological polar surface area (TPSA) is 36.4 Å². The zero-order valence-electron chi connectivity index (χ0n) is 10.7. The second kappa shape index (κ2) is 7.46. The Morgan fingerprint density at radius 2 is 2.00 bits per heavy atom. The average molecular weight is 296 g/mol. The highest BCUT2D eigenvalue weighted by atomic mass is 35.5. The Hall–Kier alpha value is -1.13. The molecule has 2 N–H and O–H groups in total. The van der Waals surface area contributed by atoms with E-state index in [4.69, 9.17) is 23.8 Å². The van der Waals surface area contributed by atoms with Crippen molar-refractivity contribution in [2.75, 3.05) is 0 Å². The van der Waals surface area contributed by atoms with Gasteiger partial charge in [0.05, 0.1) is 6.21 Å². The molecular formula is C14H18ClN3S. The fraction of sp³-hybridized carbons (Fsp3) is 0.429. The molecule has 0 atom stereocenters. The summed E-state index contributed by atoms with van der Waals surface area (Å²) >= 11 is 11.2. The Kier molecular flexibility index (Phi) is 5.61. The molecule has 102 valence electrons. The molecule has 0 bridgehead atoms. The molecule has 0 amide bonds. The third kappa shape index (κ3) is 4.80. The minimum Gasteiger partial charge on any atom is -0.359 e. The Bertz CT molecular complexity index is 456. The van der Waals surface area contributed by atoms with Crippen LogP contribution in [-0.4, -0.2) is 17.4 Å². The standard InChI is InChI=1S/C14H18ClN3S/c15-13-9-5-4-6-11(13)10-16-18-14(19)17-12-7-2-1-3-8-12/h4-6,9-10,12H,1-3,7-8H2,(H2,17,18,19). The Morgan fingerprint density at radius 3 is 2.74 bits per heavy atom. The van der Waals surface area contributed by atoms with Crippen LogP contribution in [-0.2, 0) is 0 Å². The lowest BCUT2D eigenvalue weighted by Gasteiger charge is -2.23. The summed E-state index contributed by atoms with van der Waals surface area (Å²) in [7, 11) is 0. The molecule has 2 rings (SSSR count). The summed E-state index contributed by atoms with van der Waals surface area (Å²) in [5, 5.41) is 8.66. The van der Waals surface area contributed by atoms with E-state index in [2.05, 4.69) is 15.8 Å². The second-order valence-corrected chi connectivity index (χ2v) is 5.52. The number of rotatable bonds is 3. The fourth-order valence-corrected chi connectivity index (χ4v) is 2.61. The third-order valence-electron chi connectivity index (χ3n) is 3.22. The summed E-state index contributed by atoms with van der Waals surface area (Å²) in [5.74, 6) is 0. The van der Waals surface area contributed by atoms with E-state index in [1.807, 2.05) is 24.3 Å². The number of nitrogens with zero attached hydrogens (tertiary/aromatic N) is 1. The van der Waals surface area contributed by atoms with Gasteiger partial charge >= 0.3 is 0 Å². The van der Waals surface area contributed by atoms with Crippen LogP contribution in [0.25, 0.3) is 0 Å². The molecule has 0 unspecified atom stereocenters. The normalized spacial score (nSPS) is 16.5. The highest BCUT2D eigenvalue weighted by Gasteiger charge is 2.13. The van der Waals surface area contributed by atoms with E-state index in [1.54, 1.807) is 6.21 Å². The van der Waals surface area contributed by atoms with Gasteiger partial charge in [-0.1, -0.05) is 49.1 Å². The van der Waals surface area contributed by atoms with Crippen molar-refractivity contribution in [3.8, 4) is 0 Å². The molecule has 0 aromatic heterocycles. The maximum Gasteiger partial charge on any atom is 0.187 e. The maximum absolute atomic E-state index is 6.03. The van der Waals surface area contributed by atoms with Gasteiger partial charge < -0.3 is 5.32 Å². The molecule has 5 heteroatoms. The van der Waals surface area contributed by atoms with E-state index < -0.39 is 0 Å². The second-order valence-electron chi connectivity index (χ2n) is 4.70. The third-order valence-corrected chi connectivity index (χ3v) is 3.77. The van der Waals surface area contributed by atoms with E-state index in [0.29, 0.717) is 16.2 Å². The van der Waals surface area contributed by atoms with Gasteiger partial charge in [-0.3, -0.25) is 5.43 Å². The average Bonchev–Trinajstić information content (AvgIpc) is 2.42. The zero-order chi connectivity index (χ0) is 13.5. The first-order valence-corrected chi connectivity index (χ1v) is 7.38. The molecule has 1 aromatic carbocycles. The summed E-state index contributed by atoms with van der Waals surface area (Å²) in [6.45, 7) is 0. The Labute approximate surface area is 124 Å². The smallest absolute Gasteiger partial charge is 0.187 e. The van der Waals surface area contributed by atoms with Crippen LogP contribution in [0.3, 0.4) is 0 Å². The molecule has 0 spiro atoms. The van der Waals surface area contributed by atoms with Gasteiger partial charge in [-0.15, -0.1) is 0 Å². The maximum atomic E-state index is 6.03. The van der Waals surface area contributed by atoms with Crippen molar-refractivity contribution in [2.45, 2.75) is 38.1 Å². The molecule has 1 aromatic rings. The van der Waals surface area contributed by atoms with Crippen molar-refractivity contribution in [3.05, 3.63) is 34.9 Å². The number of nitrogens with one attached hydrogen (secondary N) is 2. The van der Waals surface area contributed by atoms with Crippen LogP contribution >= 0.6 is 23.8 Å². The van der Waals surface area contributed by atoms with Crippen LogP contribution < -0.4 is 10.7 Å². The SMILES string of the molecule is S=C(NN=Cc1ccccc1Cl)NC1CCCCC1. The van der Waals surface area contributed by atoms with Crippen LogP contribution in [0.5, 0.6) is 0 Å². The predicted molar refractivity (Wildman–Crippen MR) is 84.8 cm³/mol. The number of thiocarbonyl (C=S) groups is 1. The predicted octanol–water partition coefficient (Wildman–Crippen LogP) is 3.47. The first-order valence-electron chi connectivity index (χ1n) is 6.60. The molecule has 1 aliphatic carbocycles. The van der Waals surface area contributed by atoms with Gasteiger partial charge in [0.15, 0.2) is 5.11 Å². The van der Waals surface area contributed by atoms with E-state index in [0.717, 1.165) is 5.56 Å². The summed E-state index contributed by atoms with van der Waals surface area (Å²) in [6, 6.07) is 8.05. The lowest BCUT2D eigenvalue weighted by molar-refractivity contribution is 0.412. The lowest BCUT2D eigenvalue weighted by atomic mass is 9.96. The van der Waals surface area contributed by atoms with Crippen LogP contribution in [0, 0.1) is 0 Å². The molecule has 0 radical (unpaired) electrons. The summed E-state index contributed by atoms with van der Waals surface area (Å²) < 4.78 is 0. The van der Waals surface area contributed by atoms with Gasteiger partial charge in [-0.25, -0.2) is 0 Å². The van der Waals surface area contributed by atoms with Gasteiger partial charge in [0, 0.05) is 16.6 Å². The summed E-state index contributed by atoms with van der Waals surface area (Å²) in [4.78, 5) is 0. The highest BCUT2D eigenvalue weighted by molar-refractivity contribution is 7.80. The minimum atomic E-state index is 0.490. The van der Waals surface area contributed by atoms with Crippen LogP contribution in [0.2, 0.25) is 5.02 Å². The molecule has 1 saturated carbocycles. The number of hydrogen-bond donors (Lipinski definition) is 2. The van der Waals surface area contributed by atoms with Crippen molar-refractivity contribution >= 4 is 35.1 Å². The molecule has 0 saturated heterocycles.